The van der Waals surface area contributed by atoms with Crippen molar-refractivity contribution in [3.8, 4) is 0 Å². The van der Waals surface area contributed by atoms with Crippen LogP contribution in [0.5, 0.6) is 0 Å². The zero-order valence-electron chi connectivity index (χ0n) is 44.3. The van der Waals surface area contributed by atoms with Gasteiger partial charge in [-0.25, -0.2) is 4.79 Å². The second-order valence-electron chi connectivity index (χ2n) is 19.1. The molecule has 0 saturated carbocycles. The van der Waals surface area contributed by atoms with E-state index in [4.69, 9.17) is 14.2 Å². The maximum Gasteiger partial charge on any atom is 0.362 e. The first-order chi connectivity index (χ1) is 33.1. The van der Waals surface area contributed by atoms with Gasteiger partial charge in [0.1, 0.15) is 6.61 Å². The Kier molecular flexibility index (Phi) is 46.9. The number of carboxylic acids is 1. The molecule has 1 N–H and O–H groups in total. The van der Waals surface area contributed by atoms with E-state index >= 15 is 0 Å². The standard InChI is InChI=1S/C60H101NO7/c1-6-8-10-12-14-16-18-20-22-24-26-28-29-31-32-34-36-38-40-42-44-46-48-50-58(62)67-55-56(54-66-53-52-57(60(64)65)61(3,4)5)68-59(63)51-49-47-45-43-41-39-37-35-33-30-27-25-23-21-19-17-15-13-11-9-7-2/h8,10,14-17,20-23,27,30,35,37,41,43,56-57H,6-7,9,11-13,18-19,24-26,28-29,31-34,36,38-40,42,44-55H2,1-5H3/p+1/b10-8+,16-14+,17-15+,22-20+,23-21+,30-27+,37-35+,43-41+. The maximum absolute atomic E-state index is 12.8. The second kappa shape index (κ2) is 49.7. The average molecular weight is 949 g/mol. The summed E-state index contributed by atoms with van der Waals surface area (Å²) < 4.78 is 17.3. The van der Waals surface area contributed by atoms with Crippen LogP contribution < -0.4 is 0 Å². The van der Waals surface area contributed by atoms with E-state index in [-0.39, 0.29) is 42.7 Å². The van der Waals surface area contributed by atoms with E-state index in [0.717, 1.165) is 77.0 Å². The Morgan fingerprint density at radius 3 is 1.25 bits per heavy atom. The molecule has 0 amide bonds. The fraction of sp³-hybridized carbons (Fsp3) is 0.683. The molecular weight excluding hydrogens is 847 g/mol. The number of esters is 2. The quantitative estimate of drug-likeness (QED) is 0.0281. The third-order valence-corrected chi connectivity index (χ3v) is 11.7. The van der Waals surface area contributed by atoms with E-state index in [9.17, 15) is 19.5 Å². The van der Waals surface area contributed by atoms with Crippen molar-refractivity contribution in [2.75, 3.05) is 41.0 Å². The van der Waals surface area contributed by atoms with Crippen molar-refractivity contribution in [2.45, 2.75) is 225 Å². The minimum atomic E-state index is -0.884. The maximum atomic E-state index is 12.8. The molecule has 0 aromatic carbocycles. The number of rotatable bonds is 48. The van der Waals surface area contributed by atoms with E-state index < -0.39 is 18.1 Å². The predicted molar refractivity (Wildman–Crippen MR) is 289 cm³/mol. The van der Waals surface area contributed by atoms with E-state index in [2.05, 4.69) is 111 Å². The molecule has 0 saturated heterocycles. The van der Waals surface area contributed by atoms with Gasteiger partial charge in [-0.1, -0.05) is 195 Å². The van der Waals surface area contributed by atoms with Crippen LogP contribution in [0, 0.1) is 0 Å². The molecule has 0 aliphatic heterocycles. The monoisotopic (exact) mass is 949 g/mol. The first kappa shape index (κ1) is 64.2. The molecule has 8 heteroatoms. The summed E-state index contributed by atoms with van der Waals surface area (Å²) in [6, 6.07) is -0.629. The largest absolute Gasteiger partial charge is 0.477 e. The highest BCUT2D eigenvalue weighted by molar-refractivity contribution is 5.72. The molecule has 2 unspecified atom stereocenters. The van der Waals surface area contributed by atoms with Gasteiger partial charge in [0.2, 0.25) is 0 Å². The van der Waals surface area contributed by atoms with Gasteiger partial charge in [0.15, 0.2) is 12.1 Å². The number of carboxylic acid groups (broad SMARTS) is 1. The molecule has 0 aromatic heterocycles. The van der Waals surface area contributed by atoms with E-state index in [1.54, 1.807) is 0 Å². The summed E-state index contributed by atoms with van der Waals surface area (Å²) in [6.45, 7) is 4.56. The number of allylic oxidation sites excluding steroid dienone is 16. The molecule has 0 aliphatic rings. The van der Waals surface area contributed by atoms with Crippen molar-refractivity contribution in [3.63, 3.8) is 0 Å². The van der Waals surface area contributed by atoms with E-state index in [1.165, 1.54) is 96.3 Å². The molecule has 0 bridgehead atoms. The Morgan fingerprint density at radius 2 is 0.824 bits per heavy atom. The minimum Gasteiger partial charge on any atom is -0.477 e. The van der Waals surface area contributed by atoms with Crippen molar-refractivity contribution in [2.24, 2.45) is 0 Å². The highest BCUT2D eigenvalue weighted by atomic mass is 16.6. The van der Waals surface area contributed by atoms with Crippen LogP contribution in [0.1, 0.15) is 213 Å². The third kappa shape index (κ3) is 47.3. The van der Waals surface area contributed by atoms with Gasteiger partial charge < -0.3 is 23.8 Å². The van der Waals surface area contributed by atoms with Gasteiger partial charge in [0, 0.05) is 19.3 Å². The first-order valence-corrected chi connectivity index (χ1v) is 27.3. The lowest BCUT2D eigenvalue weighted by atomic mass is 10.0. The number of likely N-dealkylation sites (N-methyl/N-ethyl adjacent to an activating group) is 1. The van der Waals surface area contributed by atoms with E-state index in [0.29, 0.717) is 19.3 Å². The molecule has 0 heterocycles. The first-order valence-electron chi connectivity index (χ1n) is 27.3. The van der Waals surface area contributed by atoms with Crippen molar-refractivity contribution in [1.29, 1.82) is 0 Å². The third-order valence-electron chi connectivity index (χ3n) is 11.7. The number of hydrogen-bond acceptors (Lipinski definition) is 6. The van der Waals surface area contributed by atoms with Crippen LogP contribution in [0.4, 0.5) is 0 Å². The molecule has 0 rings (SSSR count). The molecule has 0 fully saturated rings. The molecule has 0 radical (unpaired) electrons. The van der Waals surface area contributed by atoms with Crippen LogP contribution in [-0.4, -0.2) is 80.6 Å². The van der Waals surface area contributed by atoms with Gasteiger partial charge in [0.25, 0.3) is 0 Å². The van der Waals surface area contributed by atoms with Crippen LogP contribution in [0.2, 0.25) is 0 Å². The fourth-order valence-corrected chi connectivity index (χ4v) is 7.54. The molecule has 8 nitrogen and oxygen atoms in total. The lowest BCUT2D eigenvalue weighted by Gasteiger charge is -2.31. The molecule has 2 atom stereocenters. The number of carbonyl (C=O) groups is 3. The molecule has 0 spiro atoms. The summed E-state index contributed by atoms with van der Waals surface area (Å²) in [7, 11) is 5.52. The topological polar surface area (TPSA) is 99.1 Å². The van der Waals surface area contributed by atoms with Crippen molar-refractivity contribution in [3.05, 3.63) is 97.2 Å². The van der Waals surface area contributed by atoms with Gasteiger partial charge in [-0.05, 0) is 96.3 Å². The highest BCUT2D eigenvalue weighted by Gasteiger charge is 2.31. The minimum absolute atomic E-state index is 0.0387. The van der Waals surface area contributed by atoms with Crippen LogP contribution in [0.3, 0.4) is 0 Å². The summed E-state index contributed by atoms with van der Waals surface area (Å²) in [4.78, 5) is 37.2. The Morgan fingerprint density at radius 1 is 0.456 bits per heavy atom. The number of nitrogens with zero attached hydrogens (tertiary/aromatic N) is 1. The lowest BCUT2D eigenvalue weighted by molar-refractivity contribution is -0.887. The van der Waals surface area contributed by atoms with Crippen LogP contribution in [-0.2, 0) is 28.6 Å². The summed E-state index contributed by atoms with van der Waals surface area (Å²) in [6.07, 6.45) is 67.5. The Labute approximate surface area is 417 Å². The van der Waals surface area contributed by atoms with Crippen molar-refractivity contribution < 1.29 is 38.2 Å². The van der Waals surface area contributed by atoms with Gasteiger partial charge in [0.05, 0.1) is 34.4 Å². The Balaban J connectivity index is 4.29. The smallest absolute Gasteiger partial charge is 0.362 e. The summed E-state index contributed by atoms with van der Waals surface area (Å²) in [5, 5.41) is 9.67. The van der Waals surface area contributed by atoms with Crippen LogP contribution in [0.25, 0.3) is 0 Å². The summed E-state index contributed by atoms with van der Waals surface area (Å²) in [5.41, 5.74) is 0. The predicted octanol–water partition coefficient (Wildman–Crippen LogP) is 16.2. The summed E-state index contributed by atoms with van der Waals surface area (Å²) in [5.74, 6) is -1.53. The Bertz CT molecular complexity index is 1430. The number of hydrogen-bond donors (Lipinski definition) is 1. The van der Waals surface area contributed by atoms with Crippen LogP contribution >= 0.6 is 0 Å². The van der Waals surface area contributed by atoms with Crippen molar-refractivity contribution >= 4 is 17.9 Å². The van der Waals surface area contributed by atoms with Crippen LogP contribution in [0.15, 0.2) is 97.2 Å². The van der Waals surface area contributed by atoms with Gasteiger partial charge in [-0.15, -0.1) is 0 Å². The molecule has 68 heavy (non-hydrogen) atoms. The van der Waals surface area contributed by atoms with E-state index in [1.807, 2.05) is 21.1 Å². The molecule has 388 valence electrons. The average Bonchev–Trinajstić information content (AvgIpc) is 3.30. The fourth-order valence-electron chi connectivity index (χ4n) is 7.54. The zero-order chi connectivity index (χ0) is 49.9. The number of carbonyl (C=O) groups excluding carboxylic acids is 2. The molecule has 0 aromatic rings. The number of aliphatic carboxylic acids is 1. The SMILES string of the molecule is CC/C=C/C/C=C/C/C=C/CCCCCCCCCCCCCCCC(=O)OCC(COCCC(C(=O)O)[N+](C)(C)C)OC(=O)CCCC/C=C/C/C=C/C/C=C/C/C=C/C/C=C/CCCCC. The molecule has 0 aliphatic carbocycles. The number of quaternary nitrogens is 1. The number of unbranched alkanes of at least 4 members (excludes halogenated alkanes) is 18. The highest BCUT2D eigenvalue weighted by Crippen LogP contribution is 2.15. The molecular formula is C60H102NO7+. The number of ether oxygens (including phenoxy) is 3. The zero-order valence-corrected chi connectivity index (χ0v) is 44.3. The lowest BCUT2D eigenvalue weighted by Crippen LogP contribution is -2.50. The van der Waals surface area contributed by atoms with Gasteiger partial charge in [-0.2, -0.15) is 0 Å². The Hall–Kier alpha value is -3.75. The summed E-state index contributed by atoms with van der Waals surface area (Å²) >= 11 is 0. The second-order valence-corrected chi connectivity index (χ2v) is 19.1. The van der Waals surface area contributed by atoms with Crippen molar-refractivity contribution in [1.82, 2.24) is 0 Å². The van der Waals surface area contributed by atoms with Gasteiger partial charge >= 0.3 is 17.9 Å². The normalized spacial score (nSPS) is 13.6. The van der Waals surface area contributed by atoms with Gasteiger partial charge in [-0.3, -0.25) is 9.59 Å².